The van der Waals surface area contributed by atoms with Crippen molar-refractivity contribution >= 4 is 29.0 Å². The van der Waals surface area contributed by atoms with Gasteiger partial charge in [0.15, 0.2) is 5.78 Å². The van der Waals surface area contributed by atoms with Gasteiger partial charge in [0.05, 0.1) is 11.6 Å². The third kappa shape index (κ3) is 4.96. The number of carbonyl (C=O) groups excluding carboxylic acids is 1. The molecule has 0 saturated carbocycles. The summed E-state index contributed by atoms with van der Waals surface area (Å²) in [5.41, 5.74) is 0.522. The van der Waals surface area contributed by atoms with E-state index in [4.69, 9.17) is 23.2 Å². The predicted octanol–water partition coefficient (Wildman–Crippen LogP) is 3.45. The molecule has 5 heteroatoms. The molecule has 0 atom stereocenters. The van der Waals surface area contributed by atoms with Crippen LogP contribution in [0.5, 0.6) is 0 Å². The monoisotopic (exact) mass is 328 g/mol. The SMILES string of the molecule is CC(C)CN1CCN(CC(=O)c2cc(Cl)ccc2Cl)CC1. The third-order valence-electron chi connectivity index (χ3n) is 3.68. The molecule has 1 fully saturated rings. The number of hydrogen-bond acceptors (Lipinski definition) is 3. The number of ketones is 1. The Morgan fingerprint density at radius 2 is 1.76 bits per heavy atom. The summed E-state index contributed by atoms with van der Waals surface area (Å²) in [6.07, 6.45) is 0. The number of halogens is 2. The molecule has 0 spiro atoms. The van der Waals surface area contributed by atoms with Gasteiger partial charge in [-0.1, -0.05) is 37.0 Å². The fraction of sp³-hybridized carbons (Fsp3) is 0.562. The predicted molar refractivity (Wildman–Crippen MR) is 88.5 cm³/mol. The minimum atomic E-state index is 0.0415. The normalized spacial score (nSPS) is 17.4. The first-order chi connectivity index (χ1) is 9.95. The fourth-order valence-electron chi connectivity index (χ4n) is 2.65. The molecule has 1 aliphatic heterocycles. The lowest BCUT2D eigenvalue weighted by Crippen LogP contribution is -2.48. The lowest BCUT2D eigenvalue weighted by molar-refractivity contribution is 0.0837. The van der Waals surface area contributed by atoms with Crippen molar-refractivity contribution in [3.8, 4) is 0 Å². The first-order valence-corrected chi connectivity index (χ1v) is 8.14. The quantitative estimate of drug-likeness (QED) is 0.773. The van der Waals surface area contributed by atoms with Crippen LogP contribution >= 0.6 is 23.2 Å². The summed E-state index contributed by atoms with van der Waals surface area (Å²) < 4.78 is 0. The molecule has 0 amide bonds. The van der Waals surface area contributed by atoms with Gasteiger partial charge in [-0.25, -0.2) is 0 Å². The Morgan fingerprint density at radius 3 is 2.38 bits per heavy atom. The van der Waals surface area contributed by atoms with Crippen LogP contribution in [-0.2, 0) is 0 Å². The van der Waals surface area contributed by atoms with Crippen molar-refractivity contribution in [2.75, 3.05) is 39.3 Å². The van der Waals surface area contributed by atoms with Crippen LogP contribution in [0.3, 0.4) is 0 Å². The van der Waals surface area contributed by atoms with E-state index < -0.39 is 0 Å². The van der Waals surface area contributed by atoms with Crippen molar-refractivity contribution < 1.29 is 4.79 Å². The molecule has 0 unspecified atom stereocenters. The number of rotatable bonds is 5. The van der Waals surface area contributed by atoms with Crippen molar-refractivity contribution in [3.05, 3.63) is 33.8 Å². The average Bonchev–Trinajstić information content (AvgIpc) is 2.43. The third-order valence-corrected chi connectivity index (χ3v) is 4.25. The summed E-state index contributed by atoms with van der Waals surface area (Å²) in [5.74, 6) is 0.725. The summed E-state index contributed by atoms with van der Waals surface area (Å²) in [7, 11) is 0. The second-order valence-electron chi connectivity index (χ2n) is 6.02. The largest absolute Gasteiger partial charge is 0.301 e. The Balaban J connectivity index is 1.88. The zero-order valence-electron chi connectivity index (χ0n) is 12.6. The number of hydrogen-bond donors (Lipinski definition) is 0. The van der Waals surface area contributed by atoms with E-state index >= 15 is 0 Å². The van der Waals surface area contributed by atoms with Crippen LogP contribution in [0.1, 0.15) is 24.2 Å². The second-order valence-corrected chi connectivity index (χ2v) is 6.86. The van der Waals surface area contributed by atoms with E-state index in [-0.39, 0.29) is 5.78 Å². The van der Waals surface area contributed by atoms with E-state index in [2.05, 4.69) is 23.6 Å². The molecule has 1 saturated heterocycles. The Morgan fingerprint density at radius 1 is 1.14 bits per heavy atom. The highest BCUT2D eigenvalue weighted by molar-refractivity contribution is 6.36. The van der Waals surface area contributed by atoms with Gasteiger partial charge >= 0.3 is 0 Å². The first kappa shape index (κ1) is 16.8. The van der Waals surface area contributed by atoms with Gasteiger partial charge in [-0.15, -0.1) is 0 Å². The summed E-state index contributed by atoms with van der Waals surface area (Å²) in [6.45, 7) is 9.91. The molecule has 0 bridgehead atoms. The number of carbonyl (C=O) groups is 1. The molecular formula is C16H22Cl2N2O. The summed E-state index contributed by atoms with van der Waals surface area (Å²) in [4.78, 5) is 17.0. The molecule has 1 aromatic rings. The maximum Gasteiger partial charge on any atom is 0.178 e. The molecule has 0 N–H and O–H groups in total. The van der Waals surface area contributed by atoms with E-state index in [0.29, 0.717) is 28.1 Å². The maximum absolute atomic E-state index is 12.3. The molecule has 3 nitrogen and oxygen atoms in total. The van der Waals surface area contributed by atoms with Crippen LogP contribution in [0.15, 0.2) is 18.2 Å². The van der Waals surface area contributed by atoms with E-state index in [1.807, 2.05) is 0 Å². The standard InChI is InChI=1S/C16H22Cl2N2O/c1-12(2)10-19-5-7-20(8-6-19)11-16(21)14-9-13(17)3-4-15(14)18/h3-4,9,12H,5-8,10-11H2,1-2H3. The molecule has 0 aliphatic carbocycles. The smallest absolute Gasteiger partial charge is 0.178 e. The van der Waals surface area contributed by atoms with Gasteiger partial charge < -0.3 is 4.90 Å². The van der Waals surface area contributed by atoms with Crippen molar-refractivity contribution in [3.63, 3.8) is 0 Å². The number of nitrogens with zero attached hydrogens (tertiary/aromatic N) is 2. The van der Waals surface area contributed by atoms with E-state index in [0.717, 1.165) is 32.7 Å². The first-order valence-electron chi connectivity index (χ1n) is 7.38. The molecule has 0 aromatic heterocycles. The van der Waals surface area contributed by atoms with Gasteiger partial charge in [0.25, 0.3) is 0 Å². The Bertz CT molecular complexity index is 497. The topological polar surface area (TPSA) is 23.6 Å². The van der Waals surface area contributed by atoms with Crippen LogP contribution in [0.4, 0.5) is 0 Å². The molecule has 0 radical (unpaired) electrons. The van der Waals surface area contributed by atoms with E-state index in [1.54, 1.807) is 18.2 Å². The molecular weight excluding hydrogens is 307 g/mol. The Hall–Kier alpha value is -0.610. The van der Waals surface area contributed by atoms with Gasteiger partial charge in [0.2, 0.25) is 0 Å². The minimum absolute atomic E-state index is 0.0415. The highest BCUT2D eigenvalue weighted by atomic mass is 35.5. The second kappa shape index (κ2) is 7.59. The zero-order chi connectivity index (χ0) is 15.4. The van der Waals surface area contributed by atoms with E-state index in [9.17, 15) is 4.79 Å². The summed E-state index contributed by atoms with van der Waals surface area (Å²) >= 11 is 12.0. The summed E-state index contributed by atoms with van der Waals surface area (Å²) in [6, 6.07) is 5.03. The lowest BCUT2D eigenvalue weighted by atomic mass is 10.1. The molecule has 1 heterocycles. The molecule has 2 rings (SSSR count). The highest BCUT2D eigenvalue weighted by Crippen LogP contribution is 2.21. The number of Topliss-reactive ketones (excluding diaryl/α,β-unsaturated/α-hetero) is 1. The van der Waals surface area contributed by atoms with Crippen LogP contribution < -0.4 is 0 Å². The molecule has 1 aromatic carbocycles. The fourth-order valence-corrected chi connectivity index (χ4v) is 3.04. The highest BCUT2D eigenvalue weighted by Gasteiger charge is 2.21. The number of piperazine rings is 1. The Labute approximate surface area is 136 Å². The minimum Gasteiger partial charge on any atom is -0.301 e. The zero-order valence-corrected chi connectivity index (χ0v) is 14.1. The van der Waals surface area contributed by atoms with Crippen molar-refractivity contribution in [1.82, 2.24) is 9.80 Å². The van der Waals surface area contributed by atoms with Gasteiger partial charge in [-0.3, -0.25) is 9.69 Å². The Kier molecular flexibility index (Phi) is 6.06. The summed E-state index contributed by atoms with van der Waals surface area (Å²) in [5, 5.41) is 1.02. The van der Waals surface area contributed by atoms with Crippen LogP contribution in [-0.4, -0.2) is 54.9 Å². The van der Waals surface area contributed by atoms with Gasteiger partial charge in [-0.2, -0.15) is 0 Å². The molecule has 116 valence electrons. The van der Waals surface area contributed by atoms with Crippen molar-refractivity contribution in [2.24, 2.45) is 5.92 Å². The van der Waals surface area contributed by atoms with Gasteiger partial charge in [0, 0.05) is 43.3 Å². The van der Waals surface area contributed by atoms with Crippen LogP contribution in [0, 0.1) is 5.92 Å². The molecule has 21 heavy (non-hydrogen) atoms. The lowest BCUT2D eigenvalue weighted by Gasteiger charge is -2.35. The maximum atomic E-state index is 12.3. The average molecular weight is 329 g/mol. The van der Waals surface area contributed by atoms with Crippen molar-refractivity contribution in [1.29, 1.82) is 0 Å². The van der Waals surface area contributed by atoms with Crippen molar-refractivity contribution in [2.45, 2.75) is 13.8 Å². The van der Waals surface area contributed by atoms with E-state index in [1.165, 1.54) is 0 Å². The van der Waals surface area contributed by atoms with Crippen LogP contribution in [0.25, 0.3) is 0 Å². The van der Waals surface area contributed by atoms with Crippen LogP contribution in [0.2, 0.25) is 10.0 Å². The number of benzene rings is 1. The molecule has 1 aliphatic rings. The van der Waals surface area contributed by atoms with Gasteiger partial charge in [0.1, 0.15) is 0 Å². The van der Waals surface area contributed by atoms with Gasteiger partial charge in [-0.05, 0) is 24.1 Å².